The Labute approximate surface area is 148 Å². The van der Waals surface area contributed by atoms with E-state index in [0.29, 0.717) is 10.8 Å². The van der Waals surface area contributed by atoms with Gasteiger partial charge in [-0.05, 0) is 36.4 Å². The molecule has 2 aromatic carbocycles. The first kappa shape index (κ1) is 18.9. The molecule has 0 radical (unpaired) electrons. The van der Waals surface area contributed by atoms with Gasteiger partial charge in [-0.15, -0.1) is 0 Å². The fraction of sp³-hybridized carbons (Fsp3) is 0.235. The molecule has 0 aliphatic rings. The molecule has 0 heterocycles. The van der Waals surface area contributed by atoms with Gasteiger partial charge in [-0.3, -0.25) is 0 Å². The molecular weight excluding hydrogens is 357 g/mol. The van der Waals surface area contributed by atoms with Gasteiger partial charge in [0.05, 0.1) is 17.8 Å². The Morgan fingerprint density at radius 2 is 1.80 bits per heavy atom. The van der Waals surface area contributed by atoms with Crippen molar-refractivity contribution in [2.24, 2.45) is 0 Å². The van der Waals surface area contributed by atoms with Gasteiger partial charge in [0.1, 0.15) is 12.4 Å². The second-order valence-electron chi connectivity index (χ2n) is 5.20. The van der Waals surface area contributed by atoms with Crippen molar-refractivity contribution >= 4 is 23.3 Å². The number of carbonyl (C=O) groups excluding carboxylic acids is 1. The first-order valence-electron chi connectivity index (χ1n) is 7.34. The van der Waals surface area contributed by atoms with Crippen LogP contribution in [-0.4, -0.2) is 31.1 Å². The molecule has 8 heteroatoms. The van der Waals surface area contributed by atoms with Crippen LogP contribution in [0.5, 0.6) is 5.75 Å². The van der Waals surface area contributed by atoms with Crippen molar-refractivity contribution in [3.63, 3.8) is 0 Å². The zero-order chi connectivity index (χ0) is 18.4. The minimum atomic E-state index is -4.54. The molecule has 0 aliphatic carbocycles. The summed E-state index contributed by atoms with van der Waals surface area (Å²) in [5.74, 6) is 0.584. The number of alkyl halides is 3. The molecule has 2 amide bonds. The normalized spacial score (nSPS) is 11.1. The minimum Gasteiger partial charge on any atom is -0.492 e. The molecule has 1 N–H and O–H groups in total. The maximum atomic E-state index is 12.9. The van der Waals surface area contributed by atoms with Crippen LogP contribution < -0.4 is 10.1 Å². The molecule has 2 rings (SSSR count). The van der Waals surface area contributed by atoms with Crippen LogP contribution in [0.2, 0.25) is 5.02 Å². The Hall–Kier alpha value is -2.41. The van der Waals surface area contributed by atoms with Gasteiger partial charge in [0, 0.05) is 12.1 Å². The Morgan fingerprint density at radius 3 is 2.44 bits per heavy atom. The summed E-state index contributed by atoms with van der Waals surface area (Å²) in [5.41, 5.74) is -1.18. The highest BCUT2D eigenvalue weighted by Crippen LogP contribution is 2.34. The van der Waals surface area contributed by atoms with Crippen LogP contribution in [0.15, 0.2) is 48.5 Å². The summed E-state index contributed by atoms with van der Waals surface area (Å²) in [6.07, 6.45) is -4.54. The van der Waals surface area contributed by atoms with Crippen LogP contribution in [0.25, 0.3) is 0 Å². The first-order valence-corrected chi connectivity index (χ1v) is 7.72. The number of hydrogen-bond acceptors (Lipinski definition) is 2. The molecule has 0 aromatic heterocycles. The van der Waals surface area contributed by atoms with Crippen LogP contribution in [-0.2, 0) is 6.18 Å². The maximum absolute atomic E-state index is 12.9. The summed E-state index contributed by atoms with van der Waals surface area (Å²) in [7, 11) is 1.47. The second-order valence-corrected chi connectivity index (χ2v) is 5.63. The monoisotopic (exact) mass is 372 g/mol. The van der Waals surface area contributed by atoms with Crippen molar-refractivity contribution in [2.75, 3.05) is 25.5 Å². The summed E-state index contributed by atoms with van der Waals surface area (Å²) in [5, 5.41) is 2.84. The van der Waals surface area contributed by atoms with Crippen molar-refractivity contribution < 1.29 is 22.7 Å². The predicted molar refractivity (Wildman–Crippen MR) is 90.0 cm³/mol. The molecule has 25 heavy (non-hydrogen) atoms. The highest BCUT2D eigenvalue weighted by molar-refractivity contribution is 6.30. The molecule has 0 saturated heterocycles. The third kappa shape index (κ3) is 5.56. The van der Waals surface area contributed by atoms with Gasteiger partial charge in [0.25, 0.3) is 0 Å². The summed E-state index contributed by atoms with van der Waals surface area (Å²) in [4.78, 5) is 13.3. The molecule has 134 valence electrons. The van der Waals surface area contributed by atoms with Crippen LogP contribution in [0.3, 0.4) is 0 Å². The van der Waals surface area contributed by atoms with E-state index in [1.54, 1.807) is 24.3 Å². The molecule has 0 atom stereocenters. The van der Waals surface area contributed by atoms with Gasteiger partial charge in [-0.2, -0.15) is 13.2 Å². The van der Waals surface area contributed by atoms with Crippen molar-refractivity contribution in [1.29, 1.82) is 0 Å². The van der Waals surface area contributed by atoms with E-state index >= 15 is 0 Å². The number of carbonyl (C=O) groups is 1. The predicted octanol–water partition coefficient (Wildman–Crippen LogP) is 4.90. The molecule has 0 bridgehead atoms. The van der Waals surface area contributed by atoms with E-state index in [9.17, 15) is 18.0 Å². The third-order valence-corrected chi connectivity index (χ3v) is 3.58. The van der Waals surface area contributed by atoms with E-state index in [1.807, 2.05) is 0 Å². The Morgan fingerprint density at radius 1 is 1.16 bits per heavy atom. The highest BCUT2D eigenvalue weighted by atomic mass is 35.5. The van der Waals surface area contributed by atoms with Gasteiger partial charge in [-0.25, -0.2) is 4.79 Å². The Kier molecular flexibility index (Phi) is 6.14. The van der Waals surface area contributed by atoms with Crippen molar-refractivity contribution in [2.45, 2.75) is 6.18 Å². The molecule has 0 unspecified atom stereocenters. The second kappa shape index (κ2) is 8.11. The van der Waals surface area contributed by atoms with Gasteiger partial charge < -0.3 is 15.0 Å². The van der Waals surface area contributed by atoms with Crippen molar-refractivity contribution in [3.8, 4) is 5.75 Å². The zero-order valence-electron chi connectivity index (χ0n) is 13.3. The highest BCUT2D eigenvalue weighted by Gasteiger charge is 2.33. The maximum Gasteiger partial charge on any atom is 0.418 e. The number of anilines is 1. The number of hydrogen-bond donors (Lipinski definition) is 1. The van der Waals surface area contributed by atoms with Crippen LogP contribution in [0.1, 0.15) is 5.56 Å². The topological polar surface area (TPSA) is 41.6 Å². The number of para-hydroxylation sites is 1. The number of ether oxygens (including phenoxy) is 1. The van der Waals surface area contributed by atoms with Gasteiger partial charge in [0.2, 0.25) is 0 Å². The van der Waals surface area contributed by atoms with Crippen LogP contribution >= 0.6 is 11.6 Å². The Balaban J connectivity index is 1.89. The molecule has 4 nitrogen and oxygen atoms in total. The fourth-order valence-electron chi connectivity index (χ4n) is 1.98. The zero-order valence-corrected chi connectivity index (χ0v) is 14.1. The fourth-order valence-corrected chi connectivity index (χ4v) is 2.11. The molecule has 0 fully saturated rings. The third-order valence-electron chi connectivity index (χ3n) is 3.33. The Bertz CT molecular complexity index is 721. The molecule has 0 aliphatic heterocycles. The number of nitrogens with zero attached hydrogens (tertiary/aromatic N) is 1. The van der Waals surface area contributed by atoms with Gasteiger partial charge in [0.15, 0.2) is 0 Å². The van der Waals surface area contributed by atoms with E-state index in [2.05, 4.69) is 5.32 Å². The van der Waals surface area contributed by atoms with Crippen molar-refractivity contribution in [1.82, 2.24) is 4.90 Å². The van der Waals surface area contributed by atoms with E-state index in [1.165, 1.54) is 30.1 Å². The van der Waals surface area contributed by atoms with Crippen molar-refractivity contribution in [3.05, 3.63) is 59.1 Å². The number of amides is 2. The molecular formula is C17H16ClF3N2O2. The van der Waals surface area contributed by atoms with Crippen LogP contribution in [0.4, 0.5) is 23.7 Å². The number of urea groups is 1. The summed E-state index contributed by atoms with van der Waals surface area (Å²) in [6.45, 7) is 0.384. The molecule has 2 aromatic rings. The lowest BCUT2D eigenvalue weighted by Crippen LogP contribution is -2.35. The standard InChI is InChI=1S/C17H16ClF3N2O2/c1-23(10-11-25-13-8-6-12(18)7-9-13)16(24)22-15-5-3-2-4-14(15)17(19,20)21/h2-9H,10-11H2,1H3,(H,22,24). The molecule has 0 spiro atoms. The van der Waals surface area contributed by atoms with E-state index in [0.717, 1.165) is 6.07 Å². The number of benzene rings is 2. The average molecular weight is 373 g/mol. The summed E-state index contributed by atoms with van der Waals surface area (Å²) in [6, 6.07) is 10.9. The number of nitrogens with one attached hydrogen (secondary N) is 1. The number of rotatable bonds is 5. The van der Waals surface area contributed by atoms with Gasteiger partial charge >= 0.3 is 12.2 Å². The van der Waals surface area contributed by atoms with E-state index in [4.69, 9.17) is 16.3 Å². The quantitative estimate of drug-likeness (QED) is 0.811. The van der Waals surface area contributed by atoms with E-state index in [-0.39, 0.29) is 18.8 Å². The lowest BCUT2D eigenvalue weighted by Gasteiger charge is -2.20. The van der Waals surface area contributed by atoms with Crippen LogP contribution in [0, 0.1) is 0 Å². The van der Waals surface area contributed by atoms with Gasteiger partial charge in [-0.1, -0.05) is 23.7 Å². The number of halogens is 4. The first-order chi connectivity index (χ1) is 11.8. The summed E-state index contributed by atoms with van der Waals surface area (Å²) >= 11 is 5.76. The lowest BCUT2D eigenvalue weighted by molar-refractivity contribution is -0.136. The molecule has 0 saturated carbocycles. The number of likely N-dealkylation sites (N-methyl/N-ethyl adjacent to an activating group) is 1. The average Bonchev–Trinajstić information content (AvgIpc) is 2.56. The largest absolute Gasteiger partial charge is 0.492 e. The smallest absolute Gasteiger partial charge is 0.418 e. The minimum absolute atomic E-state index is 0.187. The SMILES string of the molecule is CN(CCOc1ccc(Cl)cc1)C(=O)Nc1ccccc1C(F)(F)F. The van der Waals surface area contributed by atoms with E-state index < -0.39 is 17.8 Å². The summed E-state index contributed by atoms with van der Waals surface area (Å²) < 4.78 is 44.2. The lowest BCUT2D eigenvalue weighted by atomic mass is 10.1.